The zero-order valence-corrected chi connectivity index (χ0v) is 8.26. The van der Waals surface area contributed by atoms with Crippen LogP contribution in [0, 0.1) is 0 Å². The van der Waals surface area contributed by atoms with Crippen molar-refractivity contribution in [1.82, 2.24) is 5.32 Å². The summed E-state index contributed by atoms with van der Waals surface area (Å²) in [5.74, 6) is 0. The molecule has 0 aliphatic carbocycles. The standard InChI is InChI=1S/C9H22N4/c1-8(13-7-6-11)9(12)4-2-3-5-10/h9,13H,1-7,10-12H2/t9-/m0/s1. The Hall–Kier alpha value is -0.580. The van der Waals surface area contributed by atoms with Gasteiger partial charge in [-0.05, 0) is 19.4 Å². The third-order valence-corrected chi connectivity index (χ3v) is 1.91. The SMILES string of the molecule is C=C(NCCN)[C@@H](N)CCCCN. The molecule has 1 atom stereocenters. The lowest BCUT2D eigenvalue weighted by atomic mass is 10.1. The molecule has 0 heterocycles. The first-order valence-corrected chi connectivity index (χ1v) is 4.80. The van der Waals surface area contributed by atoms with Crippen LogP contribution in [0.25, 0.3) is 0 Å². The summed E-state index contributed by atoms with van der Waals surface area (Å²) in [5, 5.41) is 3.08. The minimum Gasteiger partial charge on any atom is -0.386 e. The van der Waals surface area contributed by atoms with Crippen molar-refractivity contribution in [2.24, 2.45) is 17.2 Å². The van der Waals surface area contributed by atoms with E-state index in [-0.39, 0.29) is 6.04 Å². The average Bonchev–Trinajstić information content (AvgIpc) is 2.14. The first kappa shape index (κ1) is 12.4. The first-order valence-electron chi connectivity index (χ1n) is 4.80. The Bertz CT molecular complexity index is 136. The molecule has 0 saturated heterocycles. The second-order valence-electron chi connectivity index (χ2n) is 3.13. The molecule has 0 fully saturated rings. The fourth-order valence-corrected chi connectivity index (χ4v) is 1.05. The second-order valence-corrected chi connectivity index (χ2v) is 3.13. The van der Waals surface area contributed by atoms with Gasteiger partial charge in [0.15, 0.2) is 0 Å². The lowest BCUT2D eigenvalue weighted by Crippen LogP contribution is -2.33. The van der Waals surface area contributed by atoms with Gasteiger partial charge in [-0.3, -0.25) is 0 Å². The molecular weight excluding hydrogens is 164 g/mol. The molecule has 0 rings (SSSR count). The van der Waals surface area contributed by atoms with Crippen LogP contribution >= 0.6 is 0 Å². The molecule has 0 amide bonds. The third-order valence-electron chi connectivity index (χ3n) is 1.91. The lowest BCUT2D eigenvalue weighted by molar-refractivity contribution is 0.585. The number of hydrogen-bond acceptors (Lipinski definition) is 4. The van der Waals surface area contributed by atoms with Crippen LogP contribution in [0.5, 0.6) is 0 Å². The van der Waals surface area contributed by atoms with E-state index >= 15 is 0 Å². The minimum atomic E-state index is 0.0260. The van der Waals surface area contributed by atoms with E-state index in [1.54, 1.807) is 0 Å². The number of nitrogens with two attached hydrogens (primary N) is 3. The highest BCUT2D eigenvalue weighted by Crippen LogP contribution is 2.02. The maximum absolute atomic E-state index is 5.86. The average molecular weight is 186 g/mol. The Morgan fingerprint density at radius 3 is 2.46 bits per heavy atom. The molecule has 7 N–H and O–H groups in total. The summed E-state index contributed by atoms with van der Waals surface area (Å²) in [4.78, 5) is 0. The Labute approximate surface area is 80.5 Å². The van der Waals surface area contributed by atoms with E-state index in [1.165, 1.54) is 0 Å². The van der Waals surface area contributed by atoms with Crippen molar-refractivity contribution in [3.8, 4) is 0 Å². The molecule has 0 aromatic carbocycles. The van der Waals surface area contributed by atoms with Crippen molar-refractivity contribution >= 4 is 0 Å². The van der Waals surface area contributed by atoms with E-state index in [0.717, 1.165) is 38.0 Å². The zero-order chi connectivity index (χ0) is 10.1. The number of hydrogen-bond donors (Lipinski definition) is 4. The van der Waals surface area contributed by atoms with Crippen LogP contribution in [0.2, 0.25) is 0 Å². The van der Waals surface area contributed by atoms with E-state index in [1.807, 2.05) is 0 Å². The lowest BCUT2D eigenvalue weighted by Gasteiger charge is -2.15. The van der Waals surface area contributed by atoms with Crippen LogP contribution in [0.15, 0.2) is 12.3 Å². The summed E-state index contributed by atoms with van der Waals surface area (Å²) < 4.78 is 0. The van der Waals surface area contributed by atoms with Gasteiger partial charge in [0.05, 0.1) is 0 Å². The quantitative estimate of drug-likeness (QED) is 0.385. The van der Waals surface area contributed by atoms with Crippen molar-refractivity contribution in [3.05, 3.63) is 12.3 Å². The third kappa shape index (κ3) is 6.57. The van der Waals surface area contributed by atoms with Gasteiger partial charge in [0, 0.05) is 24.8 Å². The molecule has 0 aromatic heterocycles. The molecular formula is C9H22N4. The van der Waals surface area contributed by atoms with Crippen molar-refractivity contribution in [1.29, 1.82) is 0 Å². The molecule has 0 bridgehead atoms. The predicted octanol–water partition coefficient (Wildman–Crippen LogP) is -0.495. The Balaban J connectivity index is 3.45. The van der Waals surface area contributed by atoms with Crippen LogP contribution in [0.1, 0.15) is 19.3 Å². The Morgan fingerprint density at radius 1 is 1.23 bits per heavy atom. The zero-order valence-electron chi connectivity index (χ0n) is 8.26. The summed E-state index contributed by atoms with van der Waals surface area (Å²) in [6, 6.07) is 0.0260. The normalized spacial score (nSPS) is 12.5. The van der Waals surface area contributed by atoms with Gasteiger partial charge in [0.25, 0.3) is 0 Å². The van der Waals surface area contributed by atoms with Crippen LogP contribution in [0.3, 0.4) is 0 Å². The molecule has 0 aliphatic heterocycles. The first-order chi connectivity index (χ1) is 6.22. The summed E-state index contributed by atoms with van der Waals surface area (Å²) in [5.41, 5.74) is 17.4. The van der Waals surface area contributed by atoms with E-state index in [4.69, 9.17) is 17.2 Å². The van der Waals surface area contributed by atoms with Crippen molar-refractivity contribution in [2.75, 3.05) is 19.6 Å². The fraction of sp³-hybridized carbons (Fsp3) is 0.778. The summed E-state index contributed by atoms with van der Waals surface area (Å²) in [7, 11) is 0. The highest BCUT2D eigenvalue weighted by molar-refractivity contribution is 5.01. The summed E-state index contributed by atoms with van der Waals surface area (Å²) in [6.07, 6.45) is 3.02. The van der Waals surface area contributed by atoms with Crippen molar-refractivity contribution in [2.45, 2.75) is 25.3 Å². The van der Waals surface area contributed by atoms with Gasteiger partial charge in [-0.25, -0.2) is 0 Å². The monoisotopic (exact) mass is 186 g/mol. The van der Waals surface area contributed by atoms with Crippen molar-refractivity contribution in [3.63, 3.8) is 0 Å². The van der Waals surface area contributed by atoms with Gasteiger partial charge in [-0.15, -0.1) is 0 Å². The van der Waals surface area contributed by atoms with Gasteiger partial charge < -0.3 is 22.5 Å². The molecule has 4 heteroatoms. The van der Waals surface area contributed by atoms with E-state index in [9.17, 15) is 0 Å². The molecule has 0 aliphatic rings. The van der Waals surface area contributed by atoms with Crippen LogP contribution in [0.4, 0.5) is 0 Å². The Kier molecular flexibility index (Phi) is 7.68. The molecule has 0 radical (unpaired) electrons. The second kappa shape index (κ2) is 8.04. The van der Waals surface area contributed by atoms with Crippen LogP contribution in [-0.4, -0.2) is 25.7 Å². The van der Waals surface area contributed by atoms with Crippen LogP contribution in [-0.2, 0) is 0 Å². The smallest absolute Gasteiger partial charge is 0.0438 e. The molecule has 0 spiro atoms. The van der Waals surface area contributed by atoms with E-state index in [2.05, 4.69) is 11.9 Å². The molecule has 0 aromatic rings. The highest BCUT2D eigenvalue weighted by Gasteiger charge is 2.05. The van der Waals surface area contributed by atoms with Crippen molar-refractivity contribution < 1.29 is 0 Å². The predicted molar refractivity (Wildman–Crippen MR) is 57.1 cm³/mol. The molecule has 4 nitrogen and oxygen atoms in total. The maximum atomic E-state index is 5.86. The minimum absolute atomic E-state index is 0.0260. The Morgan fingerprint density at radius 2 is 1.92 bits per heavy atom. The van der Waals surface area contributed by atoms with Gasteiger partial charge in [-0.1, -0.05) is 13.0 Å². The topological polar surface area (TPSA) is 90.1 Å². The largest absolute Gasteiger partial charge is 0.386 e. The van der Waals surface area contributed by atoms with Gasteiger partial charge >= 0.3 is 0 Å². The summed E-state index contributed by atoms with van der Waals surface area (Å²) in [6.45, 7) is 5.92. The number of unbranched alkanes of at least 4 members (excludes halogenated alkanes) is 1. The molecule has 0 saturated carbocycles. The summed E-state index contributed by atoms with van der Waals surface area (Å²) >= 11 is 0. The van der Waals surface area contributed by atoms with Gasteiger partial charge in [-0.2, -0.15) is 0 Å². The molecule has 78 valence electrons. The molecule has 13 heavy (non-hydrogen) atoms. The number of nitrogens with one attached hydrogen (secondary N) is 1. The highest BCUT2D eigenvalue weighted by atomic mass is 14.9. The number of rotatable bonds is 8. The molecule has 0 unspecified atom stereocenters. The van der Waals surface area contributed by atoms with Crippen LogP contribution < -0.4 is 22.5 Å². The van der Waals surface area contributed by atoms with E-state index < -0.39 is 0 Å². The fourth-order valence-electron chi connectivity index (χ4n) is 1.05. The van der Waals surface area contributed by atoms with E-state index in [0.29, 0.717) is 6.54 Å². The van der Waals surface area contributed by atoms with Gasteiger partial charge in [0.1, 0.15) is 0 Å². The maximum Gasteiger partial charge on any atom is 0.0438 e. The van der Waals surface area contributed by atoms with Gasteiger partial charge in [0.2, 0.25) is 0 Å².